The van der Waals surface area contributed by atoms with Crippen molar-refractivity contribution in [2.75, 3.05) is 7.11 Å². The summed E-state index contributed by atoms with van der Waals surface area (Å²) < 4.78 is 10.4. The van der Waals surface area contributed by atoms with Crippen LogP contribution < -0.4 is 15.4 Å². The average molecular weight is 322 g/mol. The second-order valence-electron chi connectivity index (χ2n) is 6.91. The largest absolute Gasteiger partial charge is 0.508 e. The van der Waals surface area contributed by atoms with Gasteiger partial charge in [-0.1, -0.05) is 0 Å². The molecule has 1 aromatic carbocycles. The standard InChI is InChI=1S/C17H26N2O4/c1-10(12-8-11(22-5)6-7-15(12)20)18-13-9-14(13)19-16(21)23-17(2,3)4/h6-8,10,13-14,18,20H,9H2,1-5H3,(H,19,21). The predicted octanol–water partition coefficient (Wildman–Crippen LogP) is 2.72. The van der Waals surface area contributed by atoms with E-state index >= 15 is 0 Å². The van der Waals surface area contributed by atoms with Gasteiger partial charge >= 0.3 is 6.09 Å². The maximum atomic E-state index is 11.7. The molecular weight excluding hydrogens is 296 g/mol. The third kappa shape index (κ3) is 5.03. The van der Waals surface area contributed by atoms with Crippen LogP contribution in [0.3, 0.4) is 0 Å². The Balaban J connectivity index is 1.86. The zero-order chi connectivity index (χ0) is 17.2. The molecule has 1 fully saturated rings. The molecule has 1 aliphatic carbocycles. The van der Waals surface area contributed by atoms with Crippen molar-refractivity contribution >= 4 is 6.09 Å². The molecule has 0 radical (unpaired) electrons. The van der Waals surface area contributed by atoms with Crippen LogP contribution in [0.2, 0.25) is 0 Å². The summed E-state index contributed by atoms with van der Waals surface area (Å²) in [6, 6.07) is 5.32. The molecule has 0 aliphatic heterocycles. The lowest BCUT2D eigenvalue weighted by molar-refractivity contribution is 0.0522. The third-order valence-electron chi connectivity index (χ3n) is 3.66. The van der Waals surface area contributed by atoms with E-state index in [2.05, 4.69) is 10.6 Å². The molecule has 0 heterocycles. The molecule has 2 rings (SSSR count). The summed E-state index contributed by atoms with van der Waals surface area (Å²) in [5.41, 5.74) is 0.272. The fraction of sp³-hybridized carbons (Fsp3) is 0.588. The van der Waals surface area contributed by atoms with Crippen molar-refractivity contribution in [1.29, 1.82) is 0 Å². The highest BCUT2D eigenvalue weighted by molar-refractivity contribution is 5.68. The van der Waals surface area contributed by atoms with E-state index in [0.717, 1.165) is 12.0 Å². The number of ether oxygens (including phenoxy) is 2. The van der Waals surface area contributed by atoms with Crippen LogP contribution in [0.25, 0.3) is 0 Å². The smallest absolute Gasteiger partial charge is 0.407 e. The summed E-state index contributed by atoms with van der Waals surface area (Å²) in [6.45, 7) is 7.48. The first-order valence-corrected chi connectivity index (χ1v) is 7.82. The van der Waals surface area contributed by atoms with Crippen LogP contribution in [0.15, 0.2) is 18.2 Å². The van der Waals surface area contributed by atoms with E-state index in [-0.39, 0.29) is 23.9 Å². The Labute approximate surface area is 137 Å². The molecule has 1 saturated carbocycles. The molecule has 0 saturated heterocycles. The second kappa shape index (κ2) is 6.66. The molecule has 1 aromatic rings. The summed E-state index contributed by atoms with van der Waals surface area (Å²) >= 11 is 0. The number of hydrogen-bond donors (Lipinski definition) is 3. The molecule has 1 amide bonds. The highest BCUT2D eigenvalue weighted by atomic mass is 16.6. The van der Waals surface area contributed by atoms with Gasteiger partial charge in [-0.15, -0.1) is 0 Å². The van der Waals surface area contributed by atoms with E-state index in [0.29, 0.717) is 5.75 Å². The number of hydrogen-bond acceptors (Lipinski definition) is 5. The van der Waals surface area contributed by atoms with Crippen molar-refractivity contribution in [2.45, 2.75) is 57.8 Å². The lowest BCUT2D eigenvalue weighted by atomic mass is 10.1. The SMILES string of the molecule is COc1ccc(O)c(C(C)NC2CC2NC(=O)OC(C)(C)C)c1. The van der Waals surface area contributed by atoms with Crippen molar-refractivity contribution in [1.82, 2.24) is 10.6 Å². The lowest BCUT2D eigenvalue weighted by Gasteiger charge is -2.20. The van der Waals surface area contributed by atoms with Crippen molar-refractivity contribution < 1.29 is 19.4 Å². The Kier molecular flexibility index (Phi) is 5.04. The molecule has 0 bridgehead atoms. The number of carbonyl (C=O) groups is 1. The Morgan fingerprint density at radius 2 is 2.04 bits per heavy atom. The molecule has 23 heavy (non-hydrogen) atoms. The first kappa shape index (κ1) is 17.4. The predicted molar refractivity (Wildman–Crippen MR) is 87.8 cm³/mol. The van der Waals surface area contributed by atoms with Gasteiger partial charge in [0.1, 0.15) is 17.1 Å². The number of aromatic hydroxyl groups is 1. The molecule has 3 unspecified atom stereocenters. The summed E-state index contributed by atoms with van der Waals surface area (Å²) in [7, 11) is 1.59. The molecule has 128 valence electrons. The van der Waals surface area contributed by atoms with Crippen LogP contribution in [-0.2, 0) is 4.74 Å². The number of carbonyl (C=O) groups excluding carboxylic acids is 1. The Morgan fingerprint density at radius 3 is 2.65 bits per heavy atom. The Morgan fingerprint density at radius 1 is 1.35 bits per heavy atom. The van der Waals surface area contributed by atoms with E-state index in [1.165, 1.54) is 0 Å². The van der Waals surface area contributed by atoms with Crippen molar-refractivity contribution in [3.63, 3.8) is 0 Å². The summed E-state index contributed by atoms with van der Waals surface area (Å²) in [5, 5.41) is 16.2. The van der Waals surface area contributed by atoms with Crippen LogP contribution in [0, 0.1) is 0 Å². The van der Waals surface area contributed by atoms with Crippen LogP contribution in [0.5, 0.6) is 11.5 Å². The minimum atomic E-state index is -0.498. The van der Waals surface area contributed by atoms with Gasteiger partial charge in [-0.25, -0.2) is 4.79 Å². The van der Waals surface area contributed by atoms with Gasteiger partial charge < -0.3 is 25.2 Å². The fourth-order valence-corrected chi connectivity index (χ4v) is 2.41. The maximum absolute atomic E-state index is 11.7. The zero-order valence-corrected chi connectivity index (χ0v) is 14.3. The molecule has 6 heteroatoms. The highest BCUT2D eigenvalue weighted by Crippen LogP contribution is 2.31. The quantitative estimate of drug-likeness (QED) is 0.777. The second-order valence-corrected chi connectivity index (χ2v) is 6.91. The van der Waals surface area contributed by atoms with E-state index in [4.69, 9.17) is 9.47 Å². The number of benzene rings is 1. The minimum absolute atomic E-state index is 0.0551. The summed E-state index contributed by atoms with van der Waals surface area (Å²) in [4.78, 5) is 11.7. The van der Waals surface area contributed by atoms with Gasteiger partial charge in [0.2, 0.25) is 0 Å². The van der Waals surface area contributed by atoms with Crippen LogP contribution >= 0.6 is 0 Å². The Bertz CT molecular complexity index is 568. The first-order valence-electron chi connectivity index (χ1n) is 7.82. The van der Waals surface area contributed by atoms with Crippen molar-refractivity contribution in [3.05, 3.63) is 23.8 Å². The molecular formula is C17H26N2O4. The van der Waals surface area contributed by atoms with Crippen LogP contribution in [-0.4, -0.2) is 36.0 Å². The summed E-state index contributed by atoms with van der Waals surface area (Å²) in [5.74, 6) is 0.925. The average Bonchev–Trinajstić information content (AvgIpc) is 3.14. The fourth-order valence-electron chi connectivity index (χ4n) is 2.41. The molecule has 6 nitrogen and oxygen atoms in total. The number of nitrogens with one attached hydrogen (secondary N) is 2. The van der Waals surface area contributed by atoms with Gasteiger partial charge in [0.25, 0.3) is 0 Å². The maximum Gasteiger partial charge on any atom is 0.407 e. The van der Waals surface area contributed by atoms with E-state index < -0.39 is 11.7 Å². The molecule has 3 N–H and O–H groups in total. The van der Waals surface area contributed by atoms with Crippen LogP contribution in [0.4, 0.5) is 4.79 Å². The Hall–Kier alpha value is -1.95. The van der Waals surface area contributed by atoms with Crippen molar-refractivity contribution in [2.24, 2.45) is 0 Å². The number of amides is 1. The minimum Gasteiger partial charge on any atom is -0.508 e. The van der Waals surface area contributed by atoms with Gasteiger partial charge in [0.15, 0.2) is 0 Å². The molecule has 1 aliphatic rings. The first-order chi connectivity index (χ1) is 10.7. The molecule has 3 atom stereocenters. The van der Waals surface area contributed by atoms with E-state index in [9.17, 15) is 9.90 Å². The third-order valence-corrected chi connectivity index (χ3v) is 3.66. The van der Waals surface area contributed by atoms with Crippen molar-refractivity contribution in [3.8, 4) is 11.5 Å². The number of alkyl carbamates (subject to hydrolysis) is 1. The van der Waals surface area contributed by atoms with Gasteiger partial charge in [0.05, 0.1) is 7.11 Å². The van der Waals surface area contributed by atoms with Crippen LogP contribution in [0.1, 0.15) is 45.7 Å². The summed E-state index contributed by atoms with van der Waals surface area (Å²) in [6.07, 6.45) is 0.442. The monoisotopic (exact) mass is 322 g/mol. The number of phenolic OH excluding ortho intramolecular Hbond substituents is 1. The molecule has 0 spiro atoms. The van der Waals surface area contributed by atoms with Gasteiger partial charge in [-0.2, -0.15) is 0 Å². The van der Waals surface area contributed by atoms with Gasteiger partial charge in [-0.3, -0.25) is 0 Å². The van der Waals surface area contributed by atoms with E-state index in [1.807, 2.05) is 33.8 Å². The van der Waals surface area contributed by atoms with Gasteiger partial charge in [0, 0.05) is 23.7 Å². The molecule has 0 aromatic heterocycles. The highest BCUT2D eigenvalue weighted by Gasteiger charge is 2.40. The zero-order valence-electron chi connectivity index (χ0n) is 14.3. The number of phenols is 1. The van der Waals surface area contributed by atoms with Gasteiger partial charge in [-0.05, 0) is 52.3 Å². The van der Waals surface area contributed by atoms with E-state index in [1.54, 1.807) is 19.2 Å². The number of rotatable bonds is 5. The normalized spacial score (nSPS) is 21.4. The lowest BCUT2D eigenvalue weighted by Crippen LogP contribution is -2.37. The number of methoxy groups -OCH3 is 1. The topological polar surface area (TPSA) is 79.8 Å².